The summed E-state index contributed by atoms with van der Waals surface area (Å²) in [5.74, 6) is -1.76. The molecular formula is C17H10FO5-. The predicted octanol–water partition coefficient (Wildman–Crippen LogP) is 1.57. The molecule has 0 saturated heterocycles. The fourth-order valence-electron chi connectivity index (χ4n) is 2.13. The normalized spacial score (nSPS) is 14.5. The lowest BCUT2D eigenvalue weighted by Gasteiger charge is -2.07. The van der Waals surface area contributed by atoms with Crippen molar-refractivity contribution >= 4 is 17.8 Å². The van der Waals surface area contributed by atoms with Gasteiger partial charge in [0, 0.05) is 11.6 Å². The number of rotatable bonds is 4. The van der Waals surface area contributed by atoms with Crippen molar-refractivity contribution in [3.8, 4) is 11.5 Å². The van der Waals surface area contributed by atoms with Crippen molar-refractivity contribution in [3.63, 3.8) is 0 Å². The number of ether oxygens (including phenoxy) is 2. The highest BCUT2D eigenvalue weighted by atomic mass is 19.1. The molecule has 0 aromatic heterocycles. The van der Waals surface area contributed by atoms with Gasteiger partial charge in [0.05, 0.1) is 11.5 Å². The molecule has 0 N–H and O–H groups in total. The van der Waals surface area contributed by atoms with Gasteiger partial charge in [0.1, 0.15) is 23.9 Å². The highest BCUT2D eigenvalue weighted by Gasteiger charge is 2.28. The van der Waals surface area contributed by atoms with Crippen LogP contribution in [0.1, 0.15) is 15.9 Å². The van der Waals surface area contributed by atoms with E-state index in [1.165, 1.54) is 36.4 Å². The highest BCUT2D eigenvalue weighted by molar-refractivity contribution is 6.14. The van der Waals surface area contributed by atoms with Gasteiger partial charge in [0.25, 0.3) is 0 Å². The first-order chi connectivity index (χ1) is 11.0. The standard InChI is InChI=1S/C17H11FO5/c18-13-4-2-1-3-10(13)7-15-17(21)12-6-5-11(8-14(12)23-15)22-9-16(19)20/h1-8H,9H2,(H,19,20)/p-1/b15-7-. The van der Waals surface area contributed by atoms with E-state index in [1.807, 2.05) is 0 Å². The molecule has 0 fully saturated rings. The quantitative estimate of drug-likeness (QED) is 0.801. The number of allylic oxidation sites excluding steroid dienone is 1. The minimum Gasteiger partial charge on any atom is -0.546 e. The van der Waals surface area contributed by atoms with Crippen LogP contribution >= 0.6 is 0 Å². The van der Waals surface area contributed by atoms with E-state index in [9.17, 15) is 19.1 Å². The smallest absolute Gasteiger partial charge is 0.231 e. The van der Waals surface area contributed by atoms with Gasteiger partial charge in [-0.3, -0.25) is 4.79 Å². The SMILES string of the molecule is O=C([O-])COc1ccc2c(c1)O/C(=C\c1ccccc1F)C2=O. The number of hydrogen-bond donors (Lipinski definition) is 0. The van der Waals surface area contributed by atoms with Gasteiger partial charge >= 0.3 is 0 Å². The van der Waals surface area contributed by atoms with Crippen LogP contribution in [0, 0.1) is 5.82 Å². The van der Waals surface area contributed by atoms with Gasteiger partial charge < -0.3 is 19.4 Å². The summed E-state index contributed by atoms with van der Waals surface area (Å²) in [6.07, 6.45) is 1.32. The monoisotopic (exact) mass is 313 g/mol. The number of carbonyl (C=O) groups is 2. The van der Waals surface area contributed by atoms with E-state index in [1.54, 1.807) is 12.1 Å². The predicted molar refractivity (Wildman–Crippen MR) is 76.3 cm³/mol. The summed E-state index contributed by atoms with van der Waals surface area (Å²) >= 11 is 0. The summed E-state index contributed by atoms with van der Waals surface area (Å²) in [6.45, 7) is -0.606. The Balaban J connectivity index is 1.87. The van der Waals surface area contributed by atoms with Crippen molar-refractivity contribution in [1.29, 1.82) is 0 Å². The van der Waals surface area contributed by atoms with Crippen LogP contribution in [-0.2, 0) is 4.79 Å². The summed E-state index contributed by atoms with van der Waals surface area (Å²) in [4.78, 5) is 22.6. The number of hydrogen-bond acceptors (Lipinski definition) is 5. The van der Waals surface area contributed by atoms with Crippen LogP contribution in [0.3, 0.4) is 0 Å². The van der Waals surface area contributed by atoms with E-state index in [0.29, 0.717) is 5.56 Å². The van der Waals surface area contributed by atoms with E-state index in [4.69, 9.17) is 9.47 Å². The average molecular weight is 313 g/mol. The van der Waals surface area contributed by atoms with E-state index in [0.717, 1.165) is 0 Å². The van der Waals surface area contributed by atoms with Crippen molar-refractivity contribution in [2.45, 2.75) is 0 Å². The van der Waals surface area contributed by atoms with E-state index >= 15 is 0 Å². The number of fused-ring (bicyclic) bond motifs is 1. The molecule has 0 atom stereocenters. The zero-order valence-corrected chi connectivity index (χ0v) is 11.7. The lowest BCUT2D eigenvalue weighted by atomic mass is 10.1. The topological polar surface area (TPSA) is 75.7 Å². The molecule has 0 amide bonds. The Morgan fingerprint density at radius 1 is 1.26 bits per heavy atom. The Kier molecular flexibility index (Phi) is 3.80. The molecule has 1 aliphatic heterocycles. The Morgan fingerprint density at radius 2 is 2.04 bits per heavy atom. The summed E-state index contributed by atoms with van der Waals surface area (Å²) in [7, 11) is 0. The molecule has 23 heavy (non-hydrogen) atoms. The average Bonchev–Trinajstić information content (AvgIpc) is 2.83. The Bertz CT molecular complexity index is 825. The molecule has 5 nitrogen and oxygen atoms in total. The van der Waals surface area contributed by atoms with Gasteiger partial charge in [-0.1, -0.05) is 18.2 Å². The zero-order valence-electron chi connectivity index (χ0n) is 11.7. The lowest BCUT2D eigenvalue weighted by molar-refractivity contribution is -0.307. The van der Waals surface area contributed by atoms with Crippen LogP contribution in [-0.4, -0.2) is 18.4 Å². The first-order valence-corrected chi connectivity index (χ1v) is 6.70. The lowest BCUT2D eigenvalue weighted by Crippen LogP contribution is -2.28. The van der Waals surface area contributed by atoms with E-state index in [-0.39, 0.29) is 28.6 Å². The Morgan fingerprint density at radius 3 is 2.78 bits per heavy atom. The molecule has 1 heterocycles. The number of aliphatic carboxylic acids is 1. The second-order valence-electron chi connectivity index (χ2n) is 4.78. The largest absolute Gasteiger partial charge is 0.546 e. The van der Waals surface area contributed by atoms with Gasteiger partial charge in [0.15, 0.2) is 5.76 Å². The van der Waals surface area contributed by atoms with Gasteiger partial charge in [-0.05, 0) is 24.3 Å². The first kappa shape index (κ1) is 14.8. The molecule has 0 radical (unpaired) electrons. The van der Waals surface area contributed by atoms with E-state index in [2.05, 4.69) is 0 Å². The molecule has 2 aromatic rings. The summed E-state index contributed by atoms with van der Waals surface area (Å²) < 4.78 is 24.0. The summed E-state index contributed by atoms with van der Waals surface area (Å²) in [6, 6.07) is 10.3. The molecule has 0 bridgehead atoms. The number of carbonyl (C=O) groups excluding carboxylic acids is 2. The van der Waals surface area contributed by atoms with Crippen LogP contribution in [0.2, 0.25) is 0 Å². The highest BCUT2D eigenvalue weighted by Crippen LogP contribution is 2.35. The fourth-order valence-corrected chi connectivity index (χ4v) is 2.13. The molecule has 0 saturated carbocycles. The van der Waals surface area contributed by atoms with Crippen LogP contribution in [0.5, 0.6) is 11.5 Å². The maximum absolute atomic E-state index is 13.6. The molecule has 116 valence electrons. The number of carboxylic acid groups (broad SMARTS) is 1. The minimum absolute atomic E-state index is 0.0119. The molecular weight excluding hydrogens is 303 g/mol. The van der Waals surface area contributed by atoms with Crippen LogP contribution in [0.15, 0.2) is 48.2 Å². The van der Waals surface area contributed by atoms with Crippen molar-refractivity contribution in [1.82, 2.24) is 0 Å². The fraction of sp³-hybridized carbons (Fsp3) is 0.0588. The van der Waals surface area contributed by atoms with Crippen molar-refractivity contribution < 1.29 is 28.6 Å². The van der Waals surface area contributed by atoms with Crippen LogP contribution in [0.4, 0.5) is 4.39 Å². The van der Waals surface area contributed by atoms with Crippen molar-refractivity contribution in [2.24, 2.45) is 0 Å². The van der Waals surface area contributed by atoms with Crippen molar-refractivity contribution in [3.05, 3.63) is 65.2 Å². The molecule has 0 spiro atoms. The molecule has 3 rings (SSSR count). The summed E-state index contributed by atoms with van der Waals surface area (Å²) in [5.41, 5.74) is 0.533. The van der Waals surface area contributed by atoms with Crippen LogP contribution in [0.25, 0.3) is 6.08 Å². The van der Waals surface area contributed by atoms with Crippen LogP contribution < -0.4 is 14.6 Å². The number of ketones is 1. The number of halogens is 1. The molecule has 2 aromatic carbocycles. The molecule has 0 unspecified atom stereocenters. The van der Waals surface area contributed by atoms with Gasteiger partial charge in [0.2, 0.25) is 5.78 Å². The van der Waals surface area contributed by atoms with Crippen molar-refractivity contribution in [2.75, 3.05) is 6.61 Å². The maximum Gasteiger partial charge on any atom is 0.231 e. The Labute approximate surface area is 130 Å². The molecule has 0 aliphatic carbocycles. The molecule has 1 aliphatic rings. The third-order valence-electron chi connectivity index (χ3n) is 3.19. The number of benzene rings is 2. The Hall–Kier alpha value is -3.15. The second-order valence-corrected chi connectivity index (χ2v) is 4.78. The second kappa shape index (κ2) is 5.92. The first-order valence-electron chi connectivity index (χ1n) is 6.70. The zero-order chi connectivity index (χ0) is 16.4. The third-order valence-corrected chi connectivity index (χ3v) is 3.19. The van der Waals surface area contributed by atoms with Gasteiger partial charge in [-0.25, -0.2) is 4.39 Å². The number of carboxylic acids is 1. The molecule has 6 heteroatoms. The number of Topliss-reactive ketones (excluding diaryl/α,β-unsaturated/α-hetero) is 1. The van der Waals surface area contributed by atoms with Gasteiger partial charge in [-0.15, -0.1) is 0 Å². The minimum atomic E-state index is -1.36. The summed E-state index contributed by atoms with van der Waals surface area (Å²) in [5, 5.41) is 10.4. The third kappa shape index (κ3) is 3.06. The maximum atomic E-state index is 13.6. The van der Waals surface area contributed by atoms with Gasteiger partial charge in [-0.2, -0.15) is 0 Å². The van der Waals surface area contributed by atoms with E-state index < -0.39 is 18.4 Å².